The van der Waals surface area contributed by atoms with Gasteiger partial charge >= 0.3 is 5.97 Å². The van der Waals surface area contributed by atoms with Gasteiger partial charge in [0.15, 0.2) is 0 Å². The van der Waals surface area contributed by atoms with Crippen molar-refractivity contribution in [3.8, 4) is 23.0 Å². The van der Waals surface area contributed by atoms with Crippen molar-refractivity contribution in [2.24, 2.45) is 0 Å². The molecule has 6 heteroatoms. The first-order chi connectivity index (χ1) is 10.1. The molecule has 0 bridgehead atoms. The molecule has 3 aromatic rings. The quantitative estimate of drug-likeness (QED) is 0.794. The van der Waals surface area contributed by atoms with Crippen molar-refractivity contribution in [3.63, 3.8) is 0 Å². The van der Waals surface area contributed by atoms with Gasteiger partial charge in [0.05, 0.1) is 5.56 Å². The van der Waals surface area contributed by atoms with Crippen LogP contribution in [0.5, 0.6) is 0 Å². The Kier molecular flexibility index (Phi) is 3.19. The van der Waals surface area contributed by atoms with Gasteiger partial charge in [0.2, 0.25) is 5.82 Å². The summed E-state index contributed by atoms with van der Waals surface area (Å²) >= 11 is 0. The summed E-state index contributed by atoms with van der Waals surface area (Å²) in [7, 11) is 0. The molecule has 0 radical (unpaired) electrons. The fraction of sp³-hybridized carbons (Fsp3) is 0.0667. The van der Waals surface area contributed by atoms with E-state index in [0.29, 0.717) is 17.1 Å². The van der Waals surface area contributed by atoms with Gasteiger partial charge in [-0.25, -0.2) is 4.79 Å². The lowest BCUT2D eigenvalue weighted by molar-refractivity contribution is 0.0697. The predicted molar refractivity (Wildman–Crippen MR) is 74.7 cm³/mol. The van der Waals surface area contributed by atoms with Crippen molar-refractivity contribution in [1.29, 1.82) is 0 Å². The Morgan fingerprint density at radius 1 is 1.24 bits per heavy atom. The number of hydrogen-bond donors (Lipinski definition) is 1. The van der Waals surface area contributed by atoms with Crippen LogP contribution in [0.3, 0.4) is 0 Å². The fourth-order valence-corrected chi connectivity index (χ4v) is 1.97. The van der Waals surface area contributed by atoms with E-state index in [1.807, 2.05) is 13.0 Å². The van der Waals surface area contributed by atoms with E-state index in [0.717, 1.165) is 5.56 Å². The summed E-state index contributed by atoms with van der Waals surface area (Å²) in [6.45, 7) is 1.81. The average molecular weight is 281 g/mol. The summed E-state index contributed by atoms with van der Waals surface area (Å²) < 4.78 is 5.20. The van der Waals surface area contributed by atoms with Crippen LogP contribution >= 0.6 is 0 Å². The predicted octanol–water partition coefficient (Wildman–Crippen LogP) is 2.81. The number of pyridine rings is 1. The second-order valence-electron chi connectivity index (χ2n) is 4.53. The number of carboxylic acid groups (broad SMARTS) is 1. The molecule has 2 heterocycles. The summed E-state index contributed by atoms with van der Waals surface area (Å²) in [5, 5.41) is 13.0. The van der Waals surface area contributed by atoms with Gasteiger partial charge in [0.1, 0.15) is 5.69 Å². The molecule has 1 aromatic carbocycles. The molecule has 0 unspecified atom stereocenters. The monoisotopic (exact) mass is 281 g/mol. The van der Waals surface area contributed by atoms with Gasteiger partial charge in [0.25, 0.3) is 5.89 Å². The molecule has 2 aromatic heterocycles. The van der Waals surface area contributed by atoms with E-state index in [4.69, 9.17) is 9.63 Å². The second-order valence-corrected chi connectivity index (χ2v) is 4.53. The summed E-state index contributed by atoms with van der Waals surface area (Å²) in [5.41, 5.74) is 2.16. The van der Waals surface area contributed by atoms with E-state index in [9.17, 15) is 4.79 Å². The van der Waals surface area contributed by atoms with E-state index in [2.05, 4.69) is 15.1 Å². The zero-order valence-corrected chi connectivity index (χ0v) is 11.1. The van der Waals surface area contributed by atoms with Gasteiger partial charge in [-0.05, 0) is 42.8 Å². The van der Waals surface area contributed by atoms with E-state index < -0.39 is 5.97 Å². The fourth-order valence-electron chi connectivity index (χ4n) is 1.97. The lowest BCUT2D eigenvalue weighted by Gasteiger charge is -2.00. The molecule has 0 spiro atoms. The highest BCUT2D eigenvalue weighted by Crippen LogP contribution is 2.23. The molecule has 21 heavy (non-hydrogen) atoms. The SMILES string of the molecule is Cc1cc(C(=O)O)cc(-c2nc(-c3ccccn3)no2)c1. The molecule has 3 rings (SSSR count). The van der Waals surface area contributed by atoms with Crippen LogP contribution in [0.4, 0.5) is 0 Å². The Labute approximate surface area is 120 Å². The number of aromatic carboxylic acids is 1. The second kappa shape index (κ2) is 5.16. The summed E-state index contributed by atoms with van der Waals surface area (Å²) in [6, 6.07) is 10.3. The van der Waals surface area contributed by atoms with E-state index >= 15 is 0 Å². The highest BCUT2D eigenvalue weighted by molar-refractivity contribution is 5.89. The average Bonchev–Trinajstić information content (AvgIpc) is 2.97. The molecular weight excluding hydrogens is 270 g/mol. The lowest BCUT2D eigenvalue weighted by Crippen LogP contribution is -1.97. The van der Waals surface area contributed by atoms with Gasteiger partial charge in [-0.15, -0.1) is 0 Å². The van der Waals surface area contributed by atoms with Gasteiger partial charge in [-0.2, -0.15) is 4.98 Å². The Hall–Kier alpha value is -3.02. The Bertz CT molecular complexity index is 797. The molecule has 0 atom stereocenters. The summed E-state index contributed by atoms with van der Waals surface area (Å²) in [5.74, 6) is -0.366. The first kappa shape index (κ1) is 13.0. The van der Waals surface area contributed by atoms with Gasteiger partial charge in [0, 0.05) is 11.8 Å². The molecule has 104 valence electrons. The molecule has 0 saturated carbocycles. The van der Waals surface area contributed by atoms with Crippen LogP contribution in [0.2, 0.25) is 0 Å². The Balaban J connectivity index is 2.02. The third-order valence-electron chi connectivity index (χ3n) is 2.89. The van der Waals surface area contributed by atoms with E-state index in [1.54, 1.807) is 30.5 Å². The number of aromatic nitrogens is 3. The molecular formula is C15H11N3O3. The first-order valence-corrected chi connectivity index (χ1v) is 6.24. The zero-order valence-electron chi connectivity index (χ0n) is 11.1. The minimum Gasteiger partial charge on any atom is -0.478 e. The molecule has 1 N–H and O–H groups in total. The lowest BCUT2D eigenvalue weighted by atomic mass is 10.1. The normalized spacial score (nSPS) is 10.5. The van der Waals surface area contributed by atoms with Crippen LogP contribution in [-0.2, 0) is 0 Å². The van der Waals surface area contributed by atoms with Crippen LogP contribution in [0, 0.1) is 6.92 Å². The van der Waals surface area contributed by atoms with Crippen molar-refractivity contribution in [3.05, 3.63) is 53.7 Å². The van der Waals surface area contributed by atoms with Crippen LogP contribution in [0.15, 0.2) is 47.1 Å². The minimum atomic E-state index is -0.996. The third kappa shape index (κ3) is 2.64. The highest BCUT2D eigenvalue weighted by Gasteiger charge is 2.14. The number of rotatable bonds is 3. The van der Waals surface area contributed by atoms with Crippen molar-refractivity contribution in [2.45, 2.75) is 6.92 Å². The smallest absolute Gasteiger partial charge is 0.335 e. The van der Waals surface area contributed by atoms with Crippen LogP contribution < -0.4 is 0 Å². The number of benzene rings is 1. The molecule has 0 saturated heterocycles. The number of carboxylic acids is 1. The molecule has 0 amide bonds. The maximum atomic E-state index is 11.1. The summed E-state index contributed by atoms with van der Waals surface area (Å²) in [6.07, 6.45) is 1.64. The van der Waals surface area contributed by atoms with Crippen LogP contribution in [0.1, 0.15) is 15.9 Å². The van der Waals surface area contributed by atoms with Crippen molar-refractivity contribution in [2.75, 3.05) is 0 Å². The largest absolute Gasteiger partial charge is 0.478 e. The standard InChI is InChI=1S/C15H11N3O3/c1-9-6-10(8-11(7-9)15(19)20)14-17-13(18-21-14)12-4-2-3-5-16-12/h2-8H,1H3,(H,19,20). The van der Waals surface area contributed by atoms with E-state index in [-0.39, 0.29) is 11.5 Å². The first-order valence-electron chi connectivity index (χ1n) is 6.24. The maximum absolute atomic E-state index is 11.1. The van der Waals surface area contributed by atoms with Crippen LogP contribution in [0.25, 0.3) is 23.0 Å². The van der Waals surface area contributed by atoms with Gasteiger partial charge in [-0.1, -0.05) is 11.2 Å². The van der Waals surface area contributed by atoms with E-state index in [1.165, 1.54) is 6.07 Å². The topological polar surface area (TPSA) is 89.1 Å². The highest BCUT2D eigenvalue weighted by atomic mass is 16.5. The Morgan fingerprint density at radius 2 is 2.10 bits per heavy atom. The van der Waals surface area contributed by atoms with Gasteiger partial charge < -0.3 is 9.63 Å². The number of aryl methyl sites for hydroxylation is 1. The molecule has 0 aliphatic heterocycles. The zero-order chi connectivity index (χ0) is 14.8. The molecule has 0 aliphatic rings. The van der Waals surface area contributed by atoms with Crippen molar-refractivity contribution < 1.29 is 14.4 Å². The molecule has 0 aliphatic carbocycles. The third-order valence-corrected chi connectivity index (χ3v) is 2.89. The number of hydrogen-bond acceptors (Lipinski definition) is 5. The van der Waals surface area contributed by atoms with Crippen LogP contribution in [-0.4, -0.2) is 26.2 Å². The minimum absolute atomic E-state index is 0.183. The number of carbonyl (C=O) groups is 1. The number of nitrogens with zero attached hydrogens (tertiary/aromatic N) is 3. The Morgan fingerprint density at radius 3 is 2.81 bits per heavy atom. The summed E-state index contributed by atoms with van der Waals surface area (Å²) in [4.78, 5) is 19.5. The molecule has 0 fully saturated rings. The van der Waals surface area contributed by atoms with Crippen molar-refractivity contribution in [1.82, 2.24) is 15.1 Å². The molecule has 6 nitrogen and oxygen atoms in total. The van der Waals surface area contributed by atoms with Crippen molar-refractivity contribution >= 4 is 5.97 Å². The maximum Gasteiger partial charge on any atom is 0.335 e. The van der Waals surface area contributed by atoms with Gasteiger partial charge in [-0.3, -0.25) is 4.98 Å².